The molecule has 0 aliphatic heterocycles. The zero-order chi connectivity index (χ0) is 19.4. The van der Waals surface area contributed by atoms with Gasteiger partial charge in [-0.15, -0.1) is 0 Å². The third kappa shape index (κ3) is 4.45. The van der Waals surface area contributed by atoms with Crippen molar-refractivity contribution in [2.24, 2.45) is 0 Å². The van der Waals surface area contributed by atoms with Crippen molar-refractivity contribution in [2.45, 2.75) is 4.90 Å². The van der Waals surface area contributed by atoms with E-state index in [-0.39, 0.29) is 0 Å². The van der Waals surface area contributed by atoms with Crippen LogP contribution in [0.4, 0.5) is 11.4 Å². The van der Waals surface area contributed by atoms with Gasteiger partial charge in [-0.25, -0.2) is 0 Å². The van der Waals surface area contributed by atoms with Crippen molar-refractivity contribution in [2.75, 3.05) is 20.8 Å². The molecule has 136 valence electrons. The lowest BCUT2D eigenvalue weighted by molar-refractivity contribution is -0.394. The van der Waals surface area contributed by atoms with E-state index in [9.17, 15) is 38.2 Å². The predicted molar refractivity (Wildman–Crippen MR) is 78.3 cm³/mol. The van der Waals surface area contributed by atoms with E-state index in [4.69, 9.17) is 0 Å². The lowest BCUT2D eigenvalue weighted by atomic mass is 10.1. The topological polar surface area (TPSA) is 185 Å². The van der Waals surface area contributed by atoms with Crippen LogP contribution in [-0.2, 0) is 23.8 Å². The van der Waals surface area contributed by atoms with Crippen LogP contribution in [0.1, 0.15) is 10.4 Å². The Labute approximate surface area is 139 Å². The largest absolute Gasteiger partial charge is 0.468 e. The van der Waals surface area contributed by atoms with Gasteiger partial charge in [0.2, 0.25) is 0 Å². The number of hydrogen-bond donors (Lipinski definition) is 1. The van der Waals surface area contributed by atoms with Crippen molar-refractivity contribution in [3.05, 3.63) is 37.9 Å². The maximum Gasteiger partial charge on any atom is 0.325 e. The van der Waals surface area contributed by atoms with Gasteiger partial charge >= 0.3 is 5.97 Å². The number of nitro benzene ring substituents is 2. The summed E-state index contributed by atoms with van der Waals surface area (Å²) in [6, 6.07) is 0.862. The van der Waals surface area contributed by atoms with Crippen LogP contribution in [0.3, 0.4) is 0 Å². The van der Waals surface area contributed by atoms with Gasteiger partial charge in [0.05, 0.1) is 30.1 Å². The Hall–Kier alpha value is -3.13. The van der Waals surface area contributed by atoms with Gasteiger partial charge in [0.15, 0.2) is 0 Å². The molecule has 1 amide bonds. The van der Waals surface area contributed by atoms with E-state index in [1.165, 1.54) is 0 Å². The number of carbonyl (C=O) groups excluding carboxylic acids is 2. The normalized spacial score (nSPS) is 10.8. The SMILES string of the molecule is COC(=O)CNC(=O)c1c([N+](=O)[O-])cc([N+](=O)[O-])cc1S(=O)(=O)OC. The number of methoxy groups -OCH3 is 1. The second-order valence-corrected chi connectivity index (χ2v) is 5.91. The van der Waals surface area contributed by atoms with Crippen molar-refractivity contribution >= 4 is 33.4 Å². The fourth-order valence-corrected chi connectivity index (χ4v) is 2.56. The Morgan fingerprint density at radius 1 is 1.16 bits per heavy atom. The summed E-state index contributed by atoms with van der Waals surface area (Å²) < 4.78 is 32.3. The molecule has 0 aliphatic rings. The first-order valence-corrected chi connectivity index (χ1v) is 7.58. The van der Waals surface area contributed by atoms with Gasteiger partial charge in [-0.05, 0) is 0 Å². The van der Waals surface area contributed by atoms with Crippen molar-refractivity contribution in [1.82, 2.24) is 5.32 Å². The molecule has 1 aromatic rings. The first kappa shape index (κ1) is 19.9. The first-order valence-electron chi connectivity index (χ1n) is 6.17. The number of esters is 1. The average molecular weight is 377 g/mol. The third-order valence-electron chi connectivity index (χ3n) is 2.81. The molecule has 0 radical (unpaired) electrons. The van der Waals surface area contributed by atoms with Crippen molar-refractivity contribution in [3.8, 4) is 0 Å². The maximum absolute atomic E-state index is 12.1. The number of rotatable bonds is 7. The van der Waals surface area contributed by atoms with E-state index in [1.807, 2.05) is 5.32 Å². The molecular weight excluding hydrogens is 366 g/mol. The quantitative estimate of drug-likeness (QED) is 0.287. The molecule has 0 bridgehead atoms. The van der Waals surface area contributed by atoms with E-state index in [0.29, 0.717) is 19.2 Å². The Kier molecular flexibility index (Phi) is 6.08. The zero-order valence-electron chi connectivity index (χ0n) is 12.7. The smallest absolute Gasteiger partial charge is 0.325 e. The van der Waals surface area contributed by atoms with Gasteiger partial charge in [-0.3, -0.25) is 34.0 Å². The minimum Gasteiger partial charge on any atom is -0.468 e. The molecule has 25 heavy (non-hydrogen) atoms. The molecule has 1 rings (SSSR count). The summed E-state index contributed by atoms with van der Waals surface area (Å²) in [6.45, 7) is -0.712. The number of ether oxygens (including phenoxy) is 1. The zero-order valence-corrected chi connectivity index (χ0v) is 13.6. The van der Waals surface area contributed by atoms with E-state index in [0.717, 1.165) is 7.11 Å². The number of hydrogen-bond acceptors (Lipinski definition) is 10. The molecule has 0 aliphatic carbocycles. The summed E-state index contributed by atoms with van der Waals surface area (Å²) in [6.07, 6.45) is 0. The summed E-state index contributed by atoms with van der Waals surface area (Å²) in [4.78, 5) is 41.9. The van der Waals surface area contributed by atoms with Crippen LogP contribution >= 0.6 is 0 Å². The van der Waals surface area contributed by atoms with Crippen LogP contribution < -0.4 is 5.32 Å². The van der Waals surface area contributed by atoms with Crippen LogP contribution in [-0.4, -0.2) is 50.9 Å². The highest BCUT2D eigenvalue weighted by Gasteiger charge is 2.34. The summed E-state index contributed by atoms with van der Waals surface area (Å²) in [7, 11) is -2.99. The molecule has 0 saturated carbocycles. The number of nitro groups is 2. The number of benzene rings is 1. The average Bonchev–Trinajstić information content (AvgIpc) is 2.57. The Bertz CT molecular complexity index is 848. The van der Waals surface area contributed by atoms with Gasteiger partial charge in [0.1, 0.15) is 17.0 Å². The van der Waals surface area contributed by atoms with Crippen LogP contribution in [0.15, 0.2) is 17.0 Å². The molecule has 1 aromatic carbocycles. The summed E-state index contributed by atoms with van der Waals surface area (Å²) in [5.41, 5.74) is -3.10. The fraction of sp³-hybridized carbons (Fsp3) is 0.273. The van der Waals surface area contributed by atoms with E-state index in [1.54, 1.807) is 0 Å². The Balaban J connectivity index is 3.66. The van der Waals surface area contributed by atoms with Gasteiger partial charge in [0.25, 0.3) is 27.4 Å². The molecular formula is C11H11N3O10S. The van der Waals surface area contributed by atoms with Gasteiger partial charge < -0.3 is 10.1 Å². The number of carbonyl (C=O) groups is 2. The van der Waals surface area contributed by atoms with Crippen LogP contribution in [0.25, 0.3) is 0 Å². The second-order valence-electron chi connectivity index (χ2n) is 4.23. The van der Waals surface area contributed by atoms with Crippen molar-refractivity contribution in [1.29, 1.82) is 0 Å². The van der Waals surface area contributed by atoms with Crippen molar-refractivity contribution < 1.29 is 36.8 Å². The molecule has 14 heteroatoms. The second kappa shape index (κ2) is 7.63. The summed E-state index contributed by atoms with van der Waals surface area (Å²) in [5, 5.41) is 23.9. The van der Waals surface area contributed by atoms with E-state index >= 15 is 0 Å². The van der Waals surface area contributed by atoms with Gasteiger partial charge in [-0.1, -0.05) is 0 Å². The first-order chi connectivity index (χ1) is 11.5. The number of amides is 1. The minimum absolute atomic E-state index is 0.418. The van der Waals surface area contributed by atoms with Crippen molar-refractivity contribution in [3.63, 3.8) is 0 Å². The van der Waals surface area contributed by atoms with Crippen LogP contribution in [0.2, 0.25) is 0 Å². The molecule has 0 heterocycles. The summed E-state index contributed by atoms with van der Waals surface area (Å²) >= 11 is 0. The molecule has 0 aromatic heterocycles. The van der Waals surface area contributed by atoms with Crippen LogP contribution in [0, 0.1) is 20.2 Å². The minimum atomic E-state index is -4.72. The van der Waals surface area contributed by atoms with E-state index in [2.05, 4.69) is 8.92 Å². The monoisotopic (exact) mass is 377 g/mol. The lowest BCUT2D eigenvalue weighted by Gasteiger charge is -2.10. The molecule has 13 nitrogen and oxygen atoms in total. The molecule has 0 spiro atoms. The highest BCUT2D eigenvalue weighted by Crippen LogP contribution is 2.32. The maximum atomic E-state index is 12.1. The Morgan fingerprint density at radius 3 is 2.20 bits per heavy atom. The molecule has 0 fully saturated rings. The number of non-ortho nitro benzene ring substituents is 1. The highest BCUT2D eigenvalue weighted by molar-refractivity contribution is 7.86. The number of nitrogens with one attached hydrogen (secondary N) is 1. The molecule has 0 unspecified atom stereocenters. The van der Waals surface area contributed by atoms with Gasteiger partial charge in [0, 0.05) is 6.07 Å². The van der Waals surface area contributed by atoms with Crippen LogP contribution in [0.5, 0.6) is 0 Å². The Morgan fingerprint density at radius 2 is 1.76 bits per heavy atom. The predicted octanol–water partition coefficient (Wildman–Crippen LogP) is -0.259. The standard InChI is InChI=1S/C11H11N3O10S/c1-23-9(15)5-12-11(16)10-7(14(19)20)3-6(13(17)18)4-8(10)25(21,22)24-2/h3-4H,5H2,1-2H3,(H,12,16). The fourth-order valence-electron chi connectivity index (χ4n) is 1.66. The molecule has 0 atom stereocenters. The number of nitrogens with zero attached hydrogens (tertiary/aromatic N) is 2. The van der Waals surface area contributed by atoms with Gasteiger partial charge in [-0.2, -0.15) is 8.42 Å². The lowest BCUT2D eigenvalue weighted by Crippen LogP contribution is -2.31. The van der Waals surface area contributed by atoms with E-state index < -0.39 is 60.2 Å². The summed E-state index contributed by atoms with van der Waals surface area (Å²) in [5.74, 6) is -2.24. The highest BCUT2D eigenvalue weighted by atomic mass is 32.2. The molecule has 1 N–H and O–H groups in total. The molecule has 0 saturated heterocycles. The third-order valence-corrected chi connectivity index (χ3v) is 4.11.